The van der Waals surface area contributed by atoms with Crippen LogP contribution >= 0.6 is 0 Å². The van der Waals surface area contributed by atoms with E-state index in [4.69, 9.17) is 9.52 Å². The molecule has 0 spiro atoms. The largest absolute Gasteiger partial charge is 0.438 e. The van der Waals surface area contributed by atoms with Crippen molar-refractivity contribution >= 4 is 15.9 Å². The molecule has 0 bridgehead atoms. The number of carbonyl (C=O) groups excluding carboxylic acids is 1. The summed E-state index contributed by atoms with van der Waals surface area (Å²) in [5, 5.41) is 11.4. The van der Waals surface area contributed by atoms with Crippen molar-refractivity contribution in [1.82, 2.24) is 9.62 Å². The lowest BCUT2D eigenvalue weighted by Gasteiger charge is -2.20. The second kappa shape index (κ2) is 7.06. The third-order valence-corrected chi connectivity index (χ3v) is 4.79. The van der Waals surface area contributed by atoms with Crippen LogP contribution in [0.1, 0.15) is 30.8 Å². The molecular formula is C13H22N2O5S. The minimum absolute atomic E-state index is 0.0401. The normalized spacial score (nSPS) is 13.7. The molecule has 8 heteroatoms. The number of hydrogen-bond donors (Lipinski definition) is 2. The van der Waals surface area contributed by atoms with Crippen molar-refractivity contribution in [3.63, 3.8) is 0 Å². The van der Waals surface area contributed by atoms with Crippen molar-refractivity contribution < 1.29 is 22.7 Å². The molecule has 0 saturated heterocycles. The predicted molar refractivity (Wildman–Crippen MR) is 77.4 cm³/mol. The Bertz CT molecular complexity index is 577. The van der Waals surface area contributed by atoms with Crippen molar-refractivity contribution in [3.05, 3.63) is 17.9 Å². The van der Waals surface area contributed by atoms with Gasteiger partial charge in [0.1, 0.15) is 0 Å². The summed E-state index contributed by atoms with van der Waals surface area (Å²) in [6.07, 6.45) is 0.424. The number of nitrogens with zero attached hydrogens (tertiary/aromatic N) is 1. The van der Waals surface area contributed by atoms with Gasteiger partial charge in [0.25, 0.3) is 15.9 Å². The molecule has 7 nitrogen and oxygen atoms in total. The molecule has 21 heavy (non-hydrogen) atoms. The van der Waals surface area contributed by atoms with Crippen LogP contribution in [0.4, 0.5) is 0 Å². The smallest absolute Gasteiger partial charge is 0.287 e. The molecule has 1 rings (SSSR count). The first-order valence-corrected chi connectivity index (χ1v) is 8.08. The highest BCUT2D eigenvalue weighted by atomic mass is 32.2. The molecule has 1 amide bonds. The van der Waals surface area contributed by atoms with E-state index in [9.17, 15) is 13.2 Å². The van der Waals surface area contributed by atoms with Crippen LogP contribution in [0.15, 0.2) is 21.6 Å². The Morgan fingerprint density at radius 2 is 2.00 bits per heavy atom. The average Bonchev–Trinajstić information content (AvgIpc) is 2.87. The number of nitrogens with one attached hydrogen (secondary N) is 1. The van der Waals surface area contributed by atoms with E-state index in [0.717, 1.165) is 4.31 Å². The Labute approximate surface area is 125 Å². The third kappa shape index (κ3) is 4.29. The summed E-state index contributed by atoms with van der Waals surface area (Å²) >= 11 is 0. The van der Waals surface area contributed by atoms with Gasteiger partial charge in [0, 0.05) is 26.7 Å². The van der Waals surface area contributed by atoms with Gasteiger partial charge >= 0.3 is 0 Å². The number of amides is 1. The first-order valence-electron chi connectivity index (χ1n) is 6.64. The Kier molecular flexibility index (Phi) is 5.94. The molecule has 0 radical (unpaired) electrons. The molecule has 0 fully saturated rings. The summed E-state index contributed by atoms with van der Waals surface area (Å²) in [7, 11) is -0.933. The topological polar surface area (TPSA) is 99.8 Å². The van der Waals surface area contributed by atoms with Crippen LogP contribution in [0, 0.1) is 5.92 Å². The van der Waals surface area contributed by atoms with Gasteiger partial charge in [0.05, 0.1) is 0 Å². The van der Waals surface area contributed by atoms with E-state index in [1.165, 1.54) is 26.2 Å². The lowest BCUT2D eigenvalue weighted by atomic mass is 10.0. The van der Waals surface area contributed by atoms with Gasteiger partial charge < -0.3 is 14.8 Å². The Morgan fingerprint density at radius 1 is 1.38 bits per heavy atom. The molecule has 120 valence electrons. The van der Waals surface area contributed by atoms with E-state index in [1.54, 1.807) is 0 Å². The number of aliphatic hydroxyl groups excluding tert-OH is 1. The lowest BCUT2D eigenvalue weighted by molar-refractivity contribution is 0.0883. The standard InChI is InChI=1S/C13H22N2O5S/c1-9(2)10(7-8-16)14-13(17)11-5-6-12(20-11)21(18,19)15(3)4/h5-6,9-10,16H,7-8H2,1-4H3,(H,14,17). The zero-order valence-corrected chi connectivity index (χ0v) is 13.5. The van der Waals surface area contributed by atoms with E-state index >= 15 is 0 Å². The highest BCUT2D eigenvalue weighted by Gasteiger charge is 2.24. The molecule has 1 aromatic heterocycles. The van der Waals surface area contributed by atoms with Gasteiger partial charge in [0.15, 0.2) is 5.76 Å². The highest BCUT2D eigenvalue weighted by molar-refractivity contribution is 7.88. The monoisotopic (exact) mass is 318 g/mol. The number of rotatable bonds is 7. The summed E-state index contributed by atoms with van der Waals surface area (Å²) < 4.78 is 29.9. The van der Waals surface area contributed by atoms with Crippen LogP contribution in [-0.4, -0.2) is 50.5 Å². The number of furan rings is 1. The fraction of sp³-hybridized carbons (Fsp3) is 0.615. The fourth-order valence-electron chi connectivity index (χ4n) is 1.71. The van der Waals surface area contributed by atoms with Gasteiger partial charge in [-0.25, -0.2) is 12.7 Å². The third-order valence-electron chi connectivity index (χ3n) is 3.10. The molecule has 0 aliphatic carbocycles. The van der Waals surface area contributed by atoms with Crippen LogP contribution in [0.2, 0.25) is 0 Å². The zero-order valence-electron chi connectivity index (χ0n) is 12.7. The van der Waals surface area contributed by atoms with Crippen LogP contribution in [0.25, 0.3) is 0 Å². The van der Waals surface area contributed by atoms with Gasteiger partial charge in [-0.2, -0.15) is 0 Å². The van der Waals surface area contributed by atoms with E-state index in [0.29, 0.717) is 6.42 Å². The summed E-state index contributed by atoms with van der Waals surface area (Å²) in [6, 6.07) is 2.37. The second-order valence-corrected chi connectivity index (χ2v) is 7.33. The zero-order chi connectivity index (χ0) is 16.2. The molecule has 0 saturated carbocycles. The van der Waals surface area contributed by atoms with Crippen LogP contribution < -0.4 is 5.32 Å². The number of sulfonamides is 1. The van der Waals surface area contributed by atoms with Gasteiger partial charge in [0.2, 0.25) is 5.09 Å². The molecule has 0 aliphatic heterocycles. The van der Waals surface area contributed by atoms with Crippen molar-refractivity contribution in [2.45, 2.75) is 31.4 Å². The van der Waals surface area contributed by atoms with Gasteiger partial charge in [-0.3, -0.25) is 4.79 Å². The minimum Gasteiger partial charge on any atom is -0.438 e. The van der Waals surface area contributed by atoms with E-state index < -0.39 is 15.9 Å². The number of aliphatic hydroxyl groups is 1. The van der Waals surface area contributed by atoms with Crippen LogP contribution in [0.3, 0.4) is 0 Å². The quantitative estimate of drug-likeness (QED) is 0.769. The summed E-state index contributed by atoms with van der Waals surface area (Å²) in [4.78, 5) is 12.0. The SMILES string of the molecule is CC(C)C(CCO)NC(=O)c1ccc(S(=O)(=O)N(C)C)o1. The van der Waals surface area contributed by atoms with Crippen molar-refractivity contribution in [2.24, 2.45) is 5.92 Å². The number of hydrogen-bond acceptors (Lipinski definition) is 5. The lowest BCUT2D eigenvalue weighted by Crippen LogP contribution is -2.39. The predicted octanol–water partition coefficient (Wildman–Crippen LogP) is 0.667. The molecule has 0 aliphatic rings. The minimum atomic E-state index is -3.70. The Hall–Kier alpha value is -1.38. The Balaban J connectivity index is 2.88. The van der Waals surface area contributed by atoms with Crippen molar-refractivity contribution in [1.29, 1.82) is 0 Å². The molecular weight excluding hydrogens is 296 g/mol. The summed E-state index contributed by atoms with van der Waals surface area (Å²) in [5.41, 5.74) is 0. The van der Waals surface area contributed by atoms with Crippen LogP contribution in [-0.2, 0) is 10.0 Å². The van der Waals surface area contributed by atoms with Gasteiger partial charge in [-0.15, -0.1) is 0 Å². The van der Waals surface area contributed by atoms with E-state index in [1.807, 2.05) is 13.8 Å². The van der Waals surface area contributed by atoms with Gasteiger partial charge in [-0.05, 0) is 24.5 Å². The first-order chi connectivity index (χ1) is 9.70. The maximum absolute atomic E-state index is 12.0. The van der Waals surface area contributed by atoms with E-state index in [2.05, 4.69) is 5.32 Å². The summed E-state index contributed by atoms with van der Waals surface area (Å²) in [6.45, 7) is 3.80. The average molecular weight is 318 g/mol. The molecule has 2 N–H and O–H groups in total. The maximum Gasteiger partial charge on any atom is 0.287 e. The molecule has 1 aromatic rings. The fourth-order valence-corrected chi connectivity index (χ4v) is 2.51. The van der Waals surface area contributed by atoms with Crippen molar-refractivity contribution in [2.75, 3.05) is 20.7 Å². The highest BCUT2D eigenvalue weighted by Crippen LogP contribution is 2.17. The summed E-state index contributed by atoms with van der Waals surface area (Å²) in [5.74, 6) is -0.428. The van der Waals surface area contributed by atoms with Crippen LogP contribution in [0.5, 0.6) is 0 Å². The first kappa shape index (κ1) is 17.7. The number of carbonyl (C=O) groups is 1. The second-order valence-electron chi connectivity index (χ2n) is 5.24. The van der Waals surface area contributed by atoms with Crippen molar-refractivity contribution in [3.8, 4) is 0 Å². The molecule has 1 atom stereocenters. The Morgan fingerprint density at radius 3 is 2.48 bits per heavy atom. The van der Waals surface area contributed by atoms with Gasteiger partial charge in [-0.1, -0.05) is 13.8 Å². The molecule has 1 unspecified atom stereocenters. The van der Waals surface area contributed by atoms with E-state index in [-0.39, 0.29) is 29.4 Å². The molecule has 1 heterocycles. The maximum atomic E-state index is 12.0. The molecule has 0 aromatic carbocycles.